The molecule has 1 heterocycles. The van der Waals surface area contributed by atoms with Crippen LogP contribution in [0.3, 0.4) is 0 Å². The topological polar surface area (TPSA) is 94.2 Å². The highest BCUT2D eigenvalue weighted by atomic mass is 79.9. The number of rotatable bonds is 4. The van der Waals surface area contributed by atoms with E-state index in [0.29, 0.717) is 5.75 Å². The van der Waals surface area contributed by atoms with Gasteiger partial charge in [0.05, 0.1) is 12.7 Å². The van der Waals surface area contributed by atoms with Crippen molar-refractivity contribution in [2.24, 2.45) is 0 Å². The average Bonchev–Trinajstić information content (AvgIpc) is 2.74. The SMILES string of the molecule is COc1ccc(C(=O)Cn2c[n+](N)cn2)c(O)c1.[Br-]. The Morgan fingerprint density at radius 1 is 1.58 bits per heavy atom. The van der Waals surface area contributed by atoms with Crippen molar-refractivity contribution in [3.8, 4) is 11.5 Å². The summed E-state index contributed by atoms with van der Waals surface area (Å²) in [5.41, 5.74) is 0.217. The third kappa shape index (κ3) is 3.44. The molecule has 0 amide bonds. The first-order valence-electron chi connectivity index (χ1n) is 5.19. The van der Waals surface area contributed by atoms with Gasteiger partial charge >= 0.3 is 0 Å². The van der Waals surface area contributed by atoms with Crippen LogP contribution in [0.15, 0.2) is 30.9 Å². The Bertz CT molecular complexity index is 585. The van der Waals surface area contributed by atoms with Crippen LogP contribution in [0.5, 0.6) is 11.5 Å². The number of ketones is 1. The number of hydrogen-bond acceptors (Lipinski definition) is 5. The lowest BCUT2D eigenvalue weighted by Crippen LogP contribution is -3.00. The predicted octanol–water partition coefficient (Wildman–Crippen LogP) is -3.51. The standard InChI is InChI=1S/C11H12N4O3.BrH/c1-18-8-2-3-9(10(16)4-8)11(17)5-15-7-14(12)6-13-15;/h2-4,6-7H,5,12H2,1H3;1H. The van der Waals surface area contributed by atoms with Crippen molar-refractivity contribution in [1.29, 1.82) is 0 Å². The summed E-state index contributed by atoms with van der Waals surface area (Å²) in [6.45, 7) is 0.00406. The van der Waals surface area contributed by atoms with Gasteiger partial charge in [-0.1, -0.05) is 0 Å². The van der Waals surface area contributed by atoms with Gasteiger partial charge < -0.3 is 26.8 Å². The maximum atomic E-state index is 11.9. The molecule has 0 unspecified atom stereocenters. The number of nitrogens with two attached hydrogens (primary N) is 1. The minimum absolute atomic E-state index is 0. The second-order valence-electron chi connectivity index (χ2n) is 3.70. The molecule has 19 heavy (non-hydrogen) atoms. The summed E-state index contributed by atoms with van der Waals surface area (Å²) in [4.78, 5) is 11.9. The van der Waals surface area contributed by atoms with Crippen LogP contribution in [0.1, 0.15) is 10.4 Å². The zero-order chi connectivity index (χ0) is 13.1. The Morgan fingerprint density at radius 3 is 2.84 bits per heavy atom. The lowest BCUT2D eigenvalue weighted by atomic mass is 10.1. The maximum Gasteiger partial charge on any atom is 0.286 e. The molecule has 7 nitrogen and oxygen atoms in total. The first kappa shape index (κ1) is 15.0. The molecule has 0 aliphatic rings. The molecule has 0 bridgehead atoms. The monoisotopic (exact) mass is 328 g/mol. The Balaban J connectivity index is 0.00000180. The third-order valence-electron chi connectivity index (χ3n) is 2.41. The molecular formula is C11H13BrN4O3. The smallest absolute Gasteiger partial charge is 0.286 e. The van der Waals surface area contributed by atoms with Gasteiger partial charge in [-0.3, -0.25) is 10.6 Å². The lowest BCUT2D eigenvalue weighted by molar-refractivity contribution is -0.639. The molecule has 0 fully saturated rings. The number of hydrogen-bond donors (Lipinski definition) is 2. The molecule has 0 spiro atoms. The van der Waals surface area contributed by atoms with Gasteiger partial charge in [0.25, 0.3) is 6.33 Å². The van der Waals surface area contributed by atoms with Gasteiger partial charge in [0.1, 0.15) is 11.5 Å². The fraction of sp³-hybridized carbons (Fsp3) is 0.182. The number of carbonyl (C=O) groups is 1. The van der Waals surface area contributed by atoms with Crippen molar-refractivity contribution >= 4 is 5.78 Å². The number of carbonyl (C=O) groups excluding carboxylic acids is 1. The van der Waals surface area contributed by atoms with Crippen LogP contribution in [-0.4, -0.2) is 27.8 Å². The summed E-state index contributed by atoms with van der Waals surface area (Å²) in [5.74, 6) is 5.52. The Kier molecular flexibility index (Phi) is 4.87. The minimum atomic E-state index is -0.265. The molecule has 2 rings (SSSR count). The molecule has 0 aliphatic carbocycles. The number of phenolic OH excluding ortho intramolecular Hbond substituents is 1. The second kappa shape index (κ2) is 6.19. The molecule has 3 N–H and O–H groups in total. The van der Waals surface area contributed by atoms with Gasteiger partial charge in [0.2, 0.25) is 12.1 Å². The van der Waals surface area contributed by atoms with Crippen LogP contribution >= 0.6 is 0 Å². The number of benzene rings is 1. The van der Waals surface area contributed by atoms with E-state index in [4.69, 9.17) is 10.6 Å². The summed E-state index contributed by atoms with van der Waals surface area (Å²) in [5, 5.41) is 13.6. The Labute approximate surface area is 120 Å². The maximum absolute atomic E-state index is 11.9. The quantitative estimate of drug-likeness (QED) is 0.345. The Morgan fingerprint density at radius 2 is 2.32 bits per heavy atom. The first-order chi connectivity index (χ1) is 8.60. The van der Waals surface area contributed by atoms with Crippen molar-refractivity contribution in [3.05, 3.63) is 36.4 Å². The average molecular weight is 329 g/mol. The molecule has 0 saturated carbocycles. The summed E-state index contributed by atoms with van der Waals surface area (Å²) < 4.78 is 7.56. The molecule has 1 aromatic heterocycles. The highest BCUT2D eigenvalue weighted by Crippen LogP contribution is 2.23. The van der Waals surface area contributed by atoms with Crippen molar-refractivity contribution in [2.75, 3.05) is 13.0 Å². The van der Waals surface area contributed by atoms with E-state index >= 15 is 0 Å². The molecule has 8 heteroatoms. The van der Waals surface area contributed by atoms with E-state index in [1.807, 2.05) is 0 Å². The number of Topliss-reactive ketones (excluding diaryl/α,β-unsaturated/α-hetero) is 1. The number of methoxy groups -OCH3 is 1. The van der Waals surface area contributed by atoms with Crippen LogP contribution < -0.4 is 32.2 Å². The van der Waals surface area contributed by atoms with Crippen molar-refractivity contribution in [1.82, 2.24) is 9.78 Å². The number of nitrogen functional groups attached to an aromatic ring is 1. The largest absolute Gasteiger partial charge is 1.00 e. The Hall–Kier alpha value is -2.09. The van der Waals surface area contributed by atoms with E-state index in [2.05, 4.69) is 5.10 Å². The number of halogens is 1. The van der Waals surface area contributed by atoms with Crippen LogP contribution in [0, 0.1) is 0 Å². The van der Waals surface area contributed by atoms with Crippen molar-refractivity contribution < 1.29 is 36.3 Å². The molecule has 0 saturated heterocycles. The molecule has 0 radical (unpaired) electrons. The molecule has 0 atom stereocenters. The normalized spacial score (nSPS) is 9.74. The van der Waals surface area contributed by atoms with E-state index in [-0.39, 0.29) is 40.6 Å². The summed E-state index contributed by atoms with van der Waals surface area (Å²) in [6, 6.07) is 4.51. The number of aromatic hydroxyl groups is 1. The number of aromatic nitrogens is 3. The highest BCUT2D eigenvalue weighted by molar-refractivity contribution is 5.98. The summed E-state index contributed by atoms with van der Waals surface area (Å²) in [6.07, 6.45) is 2.85. The van der Waals surface area contributed by atoms with Crippen LogP contribution in [-0.2, 0) is 6.54 Å². The summed E-state index contributed by atoms with van der Waals surface area (Å²) in [7, 11) is 1.49. The second-order valence-corrected chi connectivity index (χ2v) is 3.70. The zero-order valence-corrected chi connectivity index (χ0v) is 11.7. The van der Waals surface area contributed by atoms with Crippen LogP contribution in [0.2, 0.25) is 0 Å². The molecule has 2 aromatic rings. The van der Waals surface area contributed by atoms with E-state index in [1.165, 1.54) is 41.3 Å². The predicted molar refractivity (Wildman–Crippen MR) is 61.6 cm³/mol. The molecule has 1 aromatic carbocycles. The lowest BCUT2D eigenvalue weighted by Gasteiger charge is -2.04. The van der Waals surface area contributed by atoms with Gasteiger partial charge in [-0.15, -0.1) is 9.36 Å². The molecular weight excluding hydrogens is 316 g/mol. The van der Waals surface area contributed by atoms with Crippen molar-refractivity contribution in [3.63, 3.8) is 0 Å². The molecule has 102 valence electrons. The first-order valence-corrected chi connectivity index (χ1v) is 5.19. The third-order valence-corrected chi connectivity index (χ3v) is 2.41. The number of phenols is 1. The van der Waals surface area contributed by atoms with Crippen LogP contribution in [0.4, 0.5) is 0 Å². The van der Waals surface area contributed by atoms with Crippen LogP contribution in [0.25, 0.3) is 0 Å². The van der Waals surface area contributed by atoms with E-state index in [9.17, 15) is 9.90 Å². The fourth-order valence-corrected chi connectivity index (χ4v) is 1.53. The number of ether oxygens (including phenoxy) is 1. The van der Waals surface area contributed by atoms with Gasteiger partial charge in [-0.05, 0) is 12.1 Å². The van der Waals surface area contributed by atoms with Crippen molar-refractivity contribution in [2.45, 2.75) is 6.54 Å². The van der Waals surface area contributed by atoms with Gasteiger partial charge in [0, 0.05) is 11.2 Å². The van der Waals surface area contributed by atoms with E-state index < -0.39 is 0 Å². The van der Waals surface area contributed by atoms with Gasteiger partial charge in [-0.25, -0.2) is 0 Å². The molecule has 0 aliphatic heterocycles. The number of nitrogens with zero attached hydrogens (tertiary/aromatic N) is 3. The fourth-order valence-electron chi connectivity index (χ4n) is 1.53. The minimum Gasteiger partial charge on any atom is -1.00 e. The zero-order valence-electron chi connectivity index (χ0n) is 10.2. The highest BCUT2D eigenvalue weighted by Gasteiger charge is 2.16. The summed E-state index contributed by atoms with van der Waals surface area (Å²) >= 11 is 0. The van der Waals surface area contributed by atoms with E-state index in [1.54, 1.807) is 6.07 Å². The van der Waals surface area contributed by atoms with E-state index in [0.717, 1.165) is 0 Å². The van der Waals surface area contributed by atoms with Gasteiger partial charge in [0.15, 0.2) is 6.54 Å². The van der Waals surface area contributed by atoms with Gasteiger partial charge in [-0.2, -0.15) is 0 Å².